The Hall–Kier alpha value is -2.02. The third-order valence-corrected chi connectivity index (χ3v) is 5.30. The molecule has 2 heterocycles. The maximum atomic E-state index is 12.2. The first-order valence-electron chi connectivity index (χ1n) is 7.53. The van der Waals surface area contributed by atoms with Crippen molar-refractivity contribution < 1.29 is 9.59 Å². The molecule has 0 bridgehead atoms. The van der Waals surface area contributed by atoms with Crippen molar-refractivity contribution in [2.24, 2.45) is 0 Å². The van der Waals surface area contributed by atoms with E-state index >= 15 is 0 Å². The first-order valence-corrected chi connectivity index (χ1v) is 8.51. The molecule has 1 atom stereocenters. The van der Waals surface area contributed by atoms with Gasteiger partial charge in [-0.25, -0.2) is 4.98 Å². The fourth-order valence-corrected chi connectivity index (χ4v) is 3.43. The smallest absolute Gasteiger partial charge is 0.243 e. The van der Waals surface area contributed by atoms with Crippen molar-refractivity contribution >= 4 is 34.6 Å². The van der Waals surface area contributed by atoms with Crippen LogP contribution in [0.3, 0.4) is 0 Å². The van der Waals surface area contributed by atoms with Crippen molar-refractivity contribution in [2.75, 3.05) is 5.75 Å². The van der Waals surface area contributed by atoms with Gasteiger partial charge in [0, 0.05) is 5.75 Å². The molecular formula is C16H20N4O2S. The summed E-state index contributed by atoms with van der Waals surface area (Å²) in [5.74, 6) is 0.990. The highest BCUT2D eigenvalue weighted by Crippen LogP contribution is 2.29. The lowest BCUT2D eigenvalue weighted by Gasteiger charge is -2.32. The zero-order valence-corrected chi connectivity index (χ0v) is 14.2. The predicted molar refractivity (Wildman–Crippen MR) is 91.1 cm³/mol. The summed E-state index contributed by atoms with van der Waals surface area (Å²) in [5, 5.41) is 5.61. The SMILES string of the molecule is Cc1ccc2nc(CNC(=O)[C@@H]3CSC(C)(C)C(=O)N3)[nH]c2c1. The number of nitrogens with one attached hydrogen (secondary N) is 3. The van der Waals surface area contributed by atoms with E-state index in [0.717, 1.165) is 16.6 Å². The van der Waals surface area contributed by atoms with E-state index in [9.17, 15) is 9.59 Å². The van der Waals surface area contributed by atoms with Crippen molar-refractivity contribution in [3.05, 3.63) is 29.6 Å². The molecule has 3 N–H and O–H groups in total. The molecule has 0 spiro atoms. The Bertz CT molecular complexity index is 769. The number of aryl methyl sites for hydroxylation is 1. The largest absolute Gasteiger partial charge is 0.347 e. The number of hydrogen-bond donors (Lipinski definition) is 3. The molecule has 0 radical (unpaired) electrons. The predicted octanol–water partition coefficient (Wildman–Crippen LogP) is 1.50. The van der Waals surface area contributed by atoms with Gasteiger partial charge >= 0.3 is 0 Å². The van der Waals surface area contributed by atoms with Crippen molar-refractivity contribution in [1.82, 2.24) is 20.6 Å². The van der Waals surface area contributed by atoms with Crippen molar-refractivity contribution in [3.63, 3.8) is 0 Å². The van der Waals surface area contributed by atoms with Crippen LogP contribution in [0.1, 0.15) is 25.2 Å². The van der Waals surface area contributed by atoms with Gasteiger partial charge in [-0.15, -0.1) is 11.8 Å². The van der Waals surface area contributed by atoms with E-state index in [0.29, 0.717) is 18.1 Å². The van der Waals surface area contributed by atoms with Gasteiger partial charge in [-0.1, -0.05) is 6.07 Å². The Morgan fingerprint density at radius 3 is 3.00 bits per heavy atom. The van der Waals surface area contributed by atoms with Crippen LogP contribution in [-0.2, 0) is 16.1 Å². The van der Waals surface area contributed by atoms with Crippen LogP contribution in [0.25, 0.3) is 11.0 Å². The van der Waals surface area contributed by atoms with Gasteiger partial charge in [0.1, 0.15) is 11.9 Å². The third-order valence-electron chi connectivity index (χ3n) is 3.90. The maximum Gasteiger partial charge on any atom is 0.243 e. The van der Waals surface area contributed by atoms with Crippen molar-refractivity contribution in [1.29, 1.82) is 0 Å². The number of thioether (sulfide) groups is 1. The minimum Gasteiger partial charge on any atom is -0.347 e. The summed E-state index contributed by atoms with van der Waals surface area (Å²) in [6.45, 7) is 6.05. The molecule has 0 saturated carbocycles. The topological polar surface area (TPSA) is 86.9 Å². The molecule has 1 saturated heterocycles. The Labute approximate surface area is 138 Å². The average molecular weight is 332 g/mol. The second kappa shape index (κ2) is 5.88. The Morgan fingerprint density at radius 1 is 1.48 bits per heavy atom. The summed E-state index contributed by atoms with van der Waals surface area (Å²) in [4.78, 5) is 31.8. The van der Waals surface area contributed by atoms with Gasteiger partial charge in [-0.05, 0) is 38.5 Å². The number of rotatable bonds is 3. The lowest BCUT2D eigenvalue weighted by molar-refractivity contribution is -0.129. The second-order valence-corrected chi connectivity index (χ2v) is 7.91. The minimum atomic E-state index is -0.493. The Kier molecular flexibility index (Phi) is 4.06. The molecular weight excluding hydrogens is 312 g/mol. The van der Waals surface area contributed by atoms with E-state index in [4.69, 9.17) is 0 Å². The van der Waals surface area contributed by atoms with Gasteiger partial charge in [0.15, 0.2) is 0 Å². The molecule has 7 heteroatoms. The molecule has 1 aromatic carbocycles. The number of amides is 2. The van der Waals surface area contributed by atoms with E-state index < -0.39 is 10.8 Å². The van der Waals surface area contributed by atoms with Crippen LogP contribution in [0.4, 0.5) is 0 Å². The maximum absolute atomic E-state index is 12.2. The molecule has 0 unspecified atom stereocenters. The van der Waals surface area contributed by atoms with Crippen LogP contribution in [0.15, 0.2) is 18.2 Å². The number of carbonyl (C=O) groups is 2. The molecule has 0 aliphatic carbocycles. The van der Waals surface area contributed by atoms with Crippen LogP contribution < -0.4 is 10.6 Å². The third kappa shape index (κ3) is 3.34. The zero-order chi connectivity index (χ0) is 16.6. The van der Waals surface area contributed by atoms with Gasteiger partial charge < -0.3 is 15.6 Å². The minimum absolute atomic E-state index is 0.104. The molecule has 1 aromatic heterocycles. The van der Waals surface area contributed by atoms with E-state index in [2.05, 4.69) is 20.6 Å². The Balaban J connectivity index is 1.61. The molecule has 122 valence electrons. The monoisotopic (exact) mass is 332 g/mol. The van der Waals surface area contributed by atoms with E-state index in [1.807, 2.05) is 39.0 Å². The second-order valence-electron chi connectivity index (χ2n) is 6.27. The first kappa shape index (κ1) is 15.9. The number of nitrogens with zero attached hydrogens (tertiary/aromatic N) is 1. The van der Waals surface area contributed by atoms with E-state index in [-0.39, 0.29) is 11.8 Å². The lowest BCUT2D eigenvalue weighted by atomic mass is 10.1. The van der Waals surface area contributed by atoms with Crippen LogP contribution >= 0.6 is 11.8 Å². The number of imidazole rings is 1. The summed E-state index contributed by atoms with van der Waals surface area (Å²) >= 11 is 1.50. The molecule has 23 heavy (non-hydrogen) atoms. The summed E-state index contributed by atoms with van der Waals surface area (Å²) < 4.78 is -0.479. The van der Waals surface area contributed by atoms with E-state index in [1.165, 1.54) is 11.8 Å². The summed E-state index contributed by atoms with van der Waals surface area (Å²) in [6.07, 6.45) is 0. The first-order chi connectivity index (χ1) is 10.8. The lowest BCUT2D eigenvalue weighted by Crippen LogP contribution is -2.57. The number of aromatic nitrogens is 2. The number of hydrogen-bond acceptors (Lipinski definition) is 4. The highest BCUT2D eigenvalue weighted by Gasteiger charge is 2.37. The molecule has 1 aliphatic rings. The summed E-state index contributed by atoms with van der Waals surface area (Å²) in [5.41, 5.74) is 2.99. The highest BCUT2D eigenvalue weighted by molar-refractivity contribution is 8.01. The number of H-pyrrole nitrogens is 1. The zero-order valence-electron chi connectivity index (χ0n) is 13.4. The van der Waals surface area contributed by atoms with Gasteiger partial charge in [-0.2, -0.15) is 0 Å². The van der Waals surface area contributed by atoms with Crippen LogP contribution in [-0.4, -0.2) is 38.3 Å². The normalized spacial score (nSPS) is 20.3. The highest BCUT2D eigenvalue weighted by atomic mass is 32.2. The molecule has 1 aliphatic heterocycles. The van der Waals surface area contributed by atoms with Gasteiger partial charge in [0.05, 0.1) is 22.3 Å². The molecule has 1 fully saturated rings. The number of carbonyl (C=O) groups excluding carboxylic acids is 2. The van der Waals surface area contributed by atoms with Crippen molar-refractivity contribution in [3.8, 4) is 0 Å². The summed E-state index contributed by atoms with van der Waals surface area (Å²) in [6, 6.07) is 5.48. The average Bonchev–Trinajstić information content (AvgIpc) is 2.89. The van der Waals surface area contributed by atoms with Gasteiger partial charge in [0.25, 0.3) is 0 Å². The van der Waals surface area contributed by atoms with Gasteiger partial charge in [0.2, 0.25) is 11.8 Å². The van der Waals surface area contributed by atoms with Gasteiger partial charge in [-0.3, -0.25) is 9.59 Å². The molecule has 6 nitrogen and oxygen atoms in total. The number of aromatic amines is 1. The quantitative estimate of drug-likeness (QED) is 0.795. The molecule has 3 rings (SSSR count). The molecule has 2 aromatic rings. The summed E-state index contributed by atoms with van der Waals surface area (Å²) in [7, 11) is 0. The fourth-order valence-electron chi connectivity index (χ4n) is 2.43. The van der Waals surface area contributed by atoms with Crippen LogP contribution in [0.5, 0.6) is 0 Å². The fraction of sp³-hybridized carbons (Fsp3) is 0.438. The Morgan fingerprint density at radius 2 is 2.26 bits per heavy atom. The standard InChI is InChI=1S/C16H20N4O2S/c1-9-4-5-10-11(6-9)19-13(18-10)7-17-14(21)12-8-23-16(2,3)15(22)20-12/h4-6,12H,7-8H2,1-3H3,(H,17,21)(H,18,19)(H,20,22)/t12-/m0/s1. The van der Waals surface area contributed by atoms with Crippen LogP contribution in [0.2, 0.25) is 0 Å². The number of benzene rings is 1. The van der Waals surface area contributed by atoms with E-state index in [1.54, 1.807) is 0 Å². The molecule has 2 amide bonds. The van der Waals surface area contributed by atoms with Crippen LogP contribution in [0, 0.1) is 6.92 Å². The van der Waals surface area contributed by atoms with Crippen molar-refractivity contribution in [2.45, 2.75) is 38.1 Å². The number of fused-ring (bicyclic) bond motifs is 1.